The molecule has 1 unspecified atom stereocenters. The molecule has 0 aliphatic carbocycles. The zero-order valence-electron chi connectivity index (χ0n) is 16.5. The Morgan fingerprint density at radius 2 is 2.14 bits per heavy atom. The molecule has 2 saturated heterocycles. The predicted molar refractivity (Wildman–Crippen MR) is 114 cm³/mol. The highest BCUT2D eigenvalue weighted by Gasteiger charge is 2.17. The number of benzene rings is 1. The topological polar surface area (TPSA) is 80.8 Å². The number of rotatable bonds is 7. The maximum absolute atomic E-state index is 6.25. The van der Waals surface area contributed by atoms with Crippen LogP contribution < -0.4 is 20.3 Å². The van der Waals surface area contributed by atoms with Crippen molar-refractivity contribution in [3.63, 3.8) is 0 Å². The first kappa shape index (κ1) is 20.0. The van der Waals surface area contributed by atoms with Crippen LogP contribution in [-0.2, 0) is 9.47 Å². The van der Waals surface area contributed by atoms with Crippen molar-refractivity contribution >= 4 is 34.7 Å². The van der Waals surface area contributed by atoms with Crippen LogP contribution in [0.25, 0.3) is 0 Å². The van der Waals surface area contributed by atoms with Crippen molar-refractivity contribution < 1.29 is 14.2 Å². The summed E-state index contributed by atoms with van der Waals surface area (Å²) < 4.78 is 16.7. The lowest BCUT2D eigenvalue weighted by atomic mass is 10.2. The monoisotopic (exact) mass is 419 g/mol. The minimum absolute atomic E-state index is 0.199. The Morgan fingerprint density at radius 3 is 2.90 bits per heavy atom. The van der Waals surface area contributed by atoms with Crippen molar-refractivity contribution in [2.75, 3.05) is 62.1 Å². The molecule has 2 fully saturated rings. The summed E-state index contributed by atoms with van der Waals surface area (Å²) in [6.07, 6.45) is 3.93. The van der Waals surface area contributed by atoms with Crippen molar-refractivity contribution in [3.8, 4) is 5.75 Å². The molecule has 4 rings (SSSR count). The number of ether oxygens (including phenoxy) is 3. The Bertz CT molecular complexity index is 826. The summed E-state index contributed by atoms with van der Waals surface area (Å²) in [5.41, 5.74) is 1.89. The van der Waals surface area contributed by atoms with Crippen molar-refractivity contribution in [2.24, 2.45) is 0 Å². The van der Waals surface area contributed by atoms with Gasteiger partial charge in [-0.05, 0) is 25.0 Å². The molecule has 2 N–H and O–H groups in total. The lowest BCUT2D eigenvalue weighted by Gasteiger charge is -2.29. The first-order valence-corrected chi connectivity index (χ1v) is 10.3. The van der Waals surface area contributed by atoms with Crippen LogP contribution in [0.2, 0.25) is 5.02 Å². The largest absolute Gasteiger partial charge is 0.494 e. The number of hydrogen-bond donors (Lipinski definition) is 2. The van der Waals surface area contributed by atoms with Crippen LogP contribution in [0, 0.1) is 0 Å². The third-order valence-corrected chi connectivity index (χ3v) is 5.35. The highest BCUT2D eigenvalue weighted by atomic mass is 35.5. The zero-order chi connectivity index (χ0) is 20.1. The van der Waals surface area contributed by atoms with E-state index in [-0.39, 0.29) is 6.10 Å². The molecule has 2 aromatic rings. The third-order valence-electron chi connectivity index (χ3n) is 5.07. The number of anilines is 4. The van der Waals surface area contributed by atoms with E-state index < -0.39 is 0 Å². The molecule has 2 aliphatic rings. The standard InChI is InChI=1S/C20H26ClN5O3/c1-27-18-11-14(26-6-9-28-10-7-26)4-5-17(18)24-20-23-13-16(21)19(25-20)22-12-15-3-2-8-29-15/h4-5,11,13,15H,2-3,6-10,12H2,1H3,(H2,22,23,24,25). The van der Waals surface area contributed by atoms with Gasteiger partial charge < -0.3 is 29.7 Å². The molecule has 1 atom stereocenters. The van der Waals surface area contributed by atoms with Crippen LogP contribution in [0.15, 0.2) is 24.4 Å². The van der Waals surface area contributed by atoms with Crippen molar-refractivity contribution in [1.82, 2.24) is 9.97 Å². The summed E-state index contributed by atoms with van der Waals surface area (Å²) in [7, 11) is 1.65. The van der Waals surface area contributed by atoms with Crippen LogP contribution >= 0.6 is 11.6 Å². The van der Waals surface area contributed by atoms with Crippen molar-refractivity contribution in [3.05, 3.63) is 29.4 Å². The van der Waals surface area contributed by atoms with Gasteiger partial charge >= 0.3 is 0 Å². The number of nitrogens with zero attached hydrogens (tertiary/aromatic N) is 3. The molecule has 0 amide bonds. The smallest absolute Gasteiger partial charge is 0.229 e. The van der Waals surface area contributed by atoms with Gasteiger partial charge in [-0.2, -0.15) is 4.98 Å². The molecule has 1 aromatic carbocycles. The van der Waals surface area contributed by atoms with Crippen LogP contribution in [-0.4, -0.2) is 62.6 Å². The summed E-state index contributed by atoms with van der Waals surface area (Å²) in [4.78, 5) is 11.1. The van der Waals surface area contributed by atoms with Crippen LogP contribution in [0.4, 0.5) is 23.1 Å². The first-order chi connectivity index (χ1) is 14.2. The Morgan fingerprint density at radius 1 is 1.28 bits per heavy atom. The predicted octanol–water partition coefficient (Wildman–Crippen LogP) is 3.31. The minimum Gasteiger partial charge on any atom is -0.494 e. The van der Waals surface area contributed by atoms with Gasteiger partial charge in [0.2, 0.25) is 5.95 Å². The highest BCUT2D eigenvalue weighted by Crippen LogP contribution is 2.32. The Kier molecular flexibility index (Phi) is 6.53. The number of methoxy groups -OCH3 is 1. The van der Waals surface area contributed by atoms with Gasteiger partial charge in [0.15, 0.2) is 5.82 Å². The second-order valence-corrected chi connectivity index (χ2v) is 7.42. The number of hydrogen-bond acceptors (Lipinski definition) is 8. The van der Waals surface area contributed by atoms with Gasteiger partial charge in [-0.1, -0.05) is 11.6 Å². The summed E-state index contributed by atoms with van der Waals surface area (Å²) in [6, 6.07) is 6.05. The molecule has 0 spiro atoms. The van der Waals surface area contributed by atoms with E-state index >= 15 is 0 Å². The molecule has 29 heavy (non-hydrogen) atoms. The molecule has 1 aromatic heterocycles. The molecule has 9 heteroatoms. The quantitative estimate of drug-likeness (QED) is 0.707. The molecule has 0 saturated carbocycles. The van der Waals surface area contributed by atoms with E-state index in [0.29, 0.717) is 23.3 Å². The van der Waals surface area contributed by atoms with Crippen molar-refractivity contribution in [1.29, 1.82) is 0 Å². The third kappa shape index (κ3) is 5.01. The van der Waals surface area contributed by atoms with Gasteiger partial charge in [0.25, 0.3) is 0 Å². The average molecular weight is 420 g/mol. The number of morpholine rings is 1. The van der Waals surface area contributed by atoms with Gasteiger partial charge in [-0.25, -0.2) is 4.98 Å². The van der Waals surface area contributed by atoms with Crippen LogP contribution in [0.3, 0.4) is 0 Å². The van der Waals surface area contributed by atoms with E-state index in [1.54, 1.807) is 13.3 Å². The molecule has 2 aliphatic heterocycles. The zero-order valence-corrected chi connectivity index (χ0v) is 17.2. The van der Waals surface area contributed by atoms with Gasteiger partial charge in [-0.15, -0.1) is 0 Å². The number of nitrogens with one attached hydrogen (secondary N) is 2. The Hall–Kier alpha value is -2.29. The Balaban J connectivity index is 1.46. The summed E-state index contributed by atoms with van der Waals surface area (Å²) in [5.74, 6) is 1.76. The van der Waals surface area contributed by atoms with Crippen LogP contribution in [0.1, 0.15) is 12.8 Å². The molecule has 0 bridgehead atoms. The van der Waals surface area contributed by atoms with E-state index in [2.05, 4.69) is 31.6 Å². The highest BCUT2D eigenvalue weighted by molar-refractivity contribution is 6.32. The first-order valence-electron chi connectivity index (χ1n) is 9.88. The van der Waals surface area contributed by atoms with Crippen LogP contribution in [0.5, 0.6) is 5.75 Å². The maximum atomic E-state index is 6.25. The van der Waals surface area contributed by atoms with E-state index in [9.17, 15) is 0 Å². The minimum atomic E-state index is 0.199. The van der Waals surface area contributed by atoms with E-state index in [0.717, 1.165) is 62.9 Å². The Labute approximate surface area is 175 Å². The second-order valence-electron chi connectivity index (χ2n) is 7.02. The molecule has 8 nitrogen and oxygen atoms in total. The molecule has 156 valence electrons. The normalized spacial score (nSPS) is 19.2. The maximum Gasteiger partial charge on any atom is 0.229 e. The van der Waals surface area contributed by atoms with Gasteiger partial charge in [-0.3, -0.25) is 0 Å². The van der Waals surface area contributed by atoms with Gasteiger partial charge in [0.1, 0.15) is 10.8 Å². The summed E-state index contributed by atoms with van der Waals surface area (Å²) in [6.45, 7) is 4.71. The lowest BCUT2D eigenvalue weighted by Crippen LogP contribution is -2.36. The fourth-order valence-corrected chi connectivity index (χ4v) is 3.65. The summed E-state index contributed by atoms with van der Waals surface area (Å²) in [5, 5.41) is 6.97. The van der Waals surface area contributed by atoms with Gasteiger partial charge in [0, 0.05) is 38.0 Å². The second kappa shape index (κ2) is 9.47. The van der Waals surface area contributed by atoms with E-state index in [1.165, 1.54) is 0 Å². The van der Waals surface area contributed by atoms with E-state index in [4.69, 9.17) is 25.8 Å². The van der Waals surface area contributed by atoms with Crippen molar-refractivity contribution in [2.45, 2.75) is 18.9 Å². The SMILES string of the molecule is COc1cc(N2CCOCC2)ccc1Nc1ncc(Cl)c(NCC2CCCO2)n1. The fourth-order valence-electron chi connectivity index (χ4n) is 3.49. The lowest BCUT2D eigenvalue weighted by molar-refractivity contribution is 0.120. The number of halogens is 1. The van der Waals surface area contributed by atoms with E-state index in [1.807, 2.05) is 12.1 Å². The molecular formula is C20H26ClN5O3. The van der Waals surface area contributed by atoms with Gasteiger partial charge in [0.05, 0.1) is 38.3 Å². The molecule has 3 heterocycles. The molecular weight excluding hydrogens is 394 g/mol. The fraction of sp³-hybridized carbons (Fsp3) is 0.500. The molecule has 0 radical (unpaired) electrons. The summed E-state index contributed by atoms with van der Waals surface area (Å²) >= 11 is 6.25. The number of aromatic nitrogens is 2. The average Bonchev–Trinajstić information content (AvgIpc) is 3.28.